The number of hydrogen-bond acceptors (Lipinski definition) is 3. The van der Waals surface area contributed by atoms with Gasteiger partial charge in [-0.2, -0.15) is 0 Å². The summed E-state index contributed by atoms with van der Waals surface area (Å²) in [6, 6.07) is 0. The fourth-order valence-corrected chi connectivity index (χ4v) is 2.04. The molecule has 0 radical (unpaired) electrons. The number of ether oxygens (including phenoxy) is 1. The van der Waals surface area contributed by atoms with Crippen LogP contribution >= 0.6 is 10.7 Å². The number of halogens is 1. The first-order chi connectivity index (χ1) is 6.81. The Bertz CT molecular complexity index is 249. The van der Waals surface area contributed by atoms with Crippen molar-refractivity contribution in [2.75, 3.05) is 19.0 Å². The maximum atomic E-state index is 10.7. The molecule has 0 fully saturated rings. The fourth-order valence-electron chi connectivity index (χ4n) is 1.09. The van der Waals surface area contributed by atoms with Gasteiger partial charge in [-0.1, -0.05) is 20.8 Å². The van der Waals surface area contributed by atoms with E-state index >= 15 is 0 Å². The Morgan fingerprint density at radius 1 is 1.20 bits per heavy atom. The lowest BCUT2D eigenvalue weighted by atomic mass is 10.1. The zero-order chi connectivity index (χ0) is 11.9. The summed E-state index contributed by atoms with van der Waals surface area (Å²) in [5.74, 6) is 0.939. The predicted octanol–water partition coefficient (Wildman–Crippen LogP) is 2.64. The Balaban J connectivity index is 3.46. The summed E-state index contributed by atoms with van der Waals surface area (Å²) in [7, 11) is 1.79. The molecular formula is C10H21ClO3S. The summed E-state index contributed by atoms with van der Waals surface area (Å²) in [5.41, 5.74) is 0. The van der Waals surface area contributed by atoms with Crippen LogP contribution in [0.1, 0.15) is 33.6 Å². The average Bonchev–Trinajstić information content (AvgIpc) is 2.07. The van der Waals surface area contributed by atoms with Crippen molar-refractivity contribution in [3.63, 3.8) is 0 Å². The van der Waals surface area contributed by atoms with Gasteiger partial charge < -0.3 is 4.74 Å². The summed E-state index contributed by atoms with van der Waals surface area (Å²) in [4.78, 5) is 0. The summed E-state index contributed by atoms with van der Waals surface area (Å²) in [6.45, 7) is 7.68. The molecule has 0 bridgehead atoms. The van der Waals surface area contributed by atoms with Gasteiger partial charge in [0, 0.05) is 23.9 Å². The van der Waals surface area contributed by atoms with Crippen molar-refractivity contribution in [1.29, 1.82) is 0 Å². The van der Waals surface area contributed by atoms with Crippen molar-refractivity contribution in [2.24, 2.45) is 11.8 Å². The molecule has 15 heavy (non-hydrogen) atoms. The van der Waals surface area contributed by atoms with Crippen molar-refractivity contribution >= 4 is 19.7 Å². The van der Waals surface area contributed by atoms with Crippen LogP contribution in [0.3, 0.4) is 0 Å². The Morgan fingerprint density at radius 3 is 2.27 bits per heavy atom. The van der Waals surface area contributed by atoms with E-state index < -0.39 is 9.05 Å². The van der Waals surface area contributed by atoms with E-state index in [2.05, 4.69) is 13.8 Å². The second kappa shape index (κ2) is 7.47. The maximum Gasteiger partial charge on any atom is 0.232 e. The molecule has 0 aromatic heterocycles. The molecule has 0 aromatic rings. The van der Waals surface area contributed by atoms with E-state index in [-0.39, 0.29) is 5.75 Å². The van der Waals surface area contributed by atoms with Crippen LogP contribution in [0.2, 0.25) is 0 Å². The molecule has 0 N–H and O–H groups in total. The van der Waals surface area contributed by atoms with Crippen LogP contribution in [0.4, 0.5) is 0 Å². The highest BCUT2D eigenvalue weighted by Gasteiger charge is 2.09. The summed E-state index contributed by atoms with van der Waals surface area (Å²) in [6.07, 6.45) is 1.50. The highest BCUT2D eigenvalue weighted by atomic mass is 35.7. The molecule has 0 rings (SSSR count). The van der Waals surface area contributed by atoms with Gasteiger partial charge in [0.2, 0.25) is 9.05 Å². The molecule has 0 aliphatic rings. The molecule has 92 valence electrons. The molecule has 1 atom stereocenters. The minimum Gasteiger partial charge on any atom is -0.381 e. The van der Waals surface area contributed by atoms with Crippen LogP contribution in [0.25, 0.3) is 0 Å². The third kappa shape index (κ3) is 12.1. The molecule has 0 heterocycles. The monoisotopic (exact) mass is 256 g/mol. The van der Waals surface area contributed by atoms with Crippen LogP contribution in [0, 0.1) is 11.8 Å². The quantitative estimate of drug-likeness (QED) is 0.495. The highest BCUT2D eigenvalue weighted by molar-refractivity contribution is 8.13. The molecule has 1 unspecified atom stereocenters. The van der Waals surface area contributed by atoms with Gasteiger partial charge in [0.05, 0.1) is 5.75 Å². The summed E-state index contributed by atoms with van der Waals surface area (Å²) < 4.78 is 26.8. The van der Waals surface area contributed by atoms with E-state index in [4.69, 9.17) is 15.4 Å². The molecule has 0 saturated carbocycles. The Labute approximate surface area is 97.6 Å². The molecule has 0 spiro atoms. The van der Waals surface area contributed by atoms with Gasteiger partial charge in [-0.25, -0.2) is 8.42 Å². The number of hydrogen-bond donors (Lipinski definition) is 0. The highest BCUT2D eigenvalue weighted by Crippen LogP contribution is 2.11. The minimum absolute atomic E-state index is 0.0555. The second-order valence-electron chi connectivity index (χ2n) is 4.39. The third-order valence-electron chi connectivity index (χ3n) is 2.06. The van der Waals surface area contributed by atoms with Gasteiger partial charge in [-0.05, 0) is 24.7 Å². The van der Waals surface area contributed by atoms with Crippen LogP contribution in [-0.2, 0) is 13.8 Å². The summed E-state index contributed by atoms with van der Waals surface area (Å²) in [5, 5.41) is 0. The van der Waals surface area contributed by atoms with E-state index in [9.17, 15) is 8.42 Å². The van der Waals surface area contributed by atoms with Gasteiger partial charge in [0.1, 0.15) is 0 Å². The zero-order valence-corrected chi connectivity index (χ0v) is 11.3. The van der Waals surface area contributed by atoms with E-state index in [0.29, 0.717) is 24.9 Å². The van der Waals surface area contributed by atoms with Crippen LogP contribution < -0.4 is 0 Å². The topological polar surface area (TPSA) is 43.4 Å². The third-order valence-corrected chi connectivity index (χ3v) is 3.25. The van der Waals surface area contributed by atoms with E-state index in [1.807, 2.05) is 6.92 Å². The van der Waals surface area contributed by atoms with E-state index in [1.54, 1.807) is 0 Å². The lowest BCUT2D eigenvalue weighted by molar-refractivity contribution is 0.0991. The van der Waals surface area contributed by atoms with Crippen molar-refractivity contribution in [3.8, 4) is 0 Å². The molecule has 0 saturated heterocycles. The molecule has 0 aliphatic carbocycles. The molecule has 0 aromatic carbocycles. The largest absolute Gasteiger partial charge is 0.381 e. The molecule has 0 amide bonds. The Kier molecular flexibility index (Phi) is 7.57. The maximum absolute atomic E-state index is 10.7. The van der Waals surface area contributed by atoms with Gasteiger partial charge in [0.15, 0.2) is 0 Å². The first-order valence-corrected chi connectivity index (χ1v) is 7.79. The zero-order valence-electron chi connectivity index (χ0n) is 9.70. The second-order valence-corrected chi connectivity index (χ2v) is 7.29. The lowest BCUT2D eigenvalue weighted by Gasteiger charge is -2.11. The standard InChI is InChI=1S/C10H21ClO3S/c1-9(2)8-14-6-4-10(3)5-7-15(11,12)13/h9-10H,4-8H2,1-3H3. The van der Waals surface area contributed by atoms with Crippen molar-refractivity contribution in [3.05, 3.63) is 0 Å². The van der Waals surface area contributed by atoms with Crippen molar-refractivity contribution in [2.45, 2.75) is 33.6 Å². The van der Waals surface area contributed by atoms with Crippen molar-refractivity contribution in [1.82, 2.24) is 0 Å². The predicted molar refractivity (Wildman–Crippen MR) is 63.7 cm³/mol. The molecule has 0 aliphatic heterocycles. The van der Waals surface area contributed by atoms with Crippen LogP contribution in [0.15, 0.2) is 0 Å². The first-order valence-electron chi connectivity index (χ1n) is 5.31. The van der Waals surface area contributed by atoms with Crippen LogP contribution in [0.5, 0.6) is 0 Å². The van der Waals surface area contributed by atoms with Gasteiger partial charge in [-0.15, -0.1) is 0 Å². The average molecular weight is 257 g/mol. The van der Waals surface area contributed by atoms with E-state index in [0.717, 1.165) is 13.0 Å². The molecule has 5 heteroatoms. The van der Waals surface area contributed by atoms with Gasteiger partial charge in [0.25, 0.3) is 0 Å². The summed E-state index contributed by atoms with van der Waals surface area (Å²) >= 11 is 0. The fraction of sp³-hybridized carbons (Fsp3) is 1.00. The SMILES string of the molecule is CC(C)COCCC(C)CCS(=O)(=O)Cl. The molecule has 3 nitrogen and oxygen atoms in total. The minimum atomic E-state index is -3.33. The number of rotatable bonds is 8. The van der Waals surface area contributed by atoms with Crippen LogP contribution in [-0.4, -0.2) is 27.4 Å². The van der Waals surface area contributed by atoms with Gasteiger partial charge >= 0.3 is 0 Å². The van der Waals surface area contributed by atoms with Gasteiger partial charge in [-0.3, -0.25) is 0 Å². The smallest absolute Gasteiger partial charge is 0.232 e. The Hall–Kier alpha value is 0.200. The van der Waals surface area contributed by atoms with Crippen molar-refractivity contribution < 1.29 is 13.2 Å². The van der Waals surface area contributed by atoms with E-state index in [1.165, 1.54) is 0 Å². The normalized spacial score (nSPS) is 14.5. The lowest BCUT2D eigenvalue weighted by Crippen LogP contribution is -2.09. The first kappa shape index (κ1) is 15.2. The Morgan fingerprint density at radius 2 is 1.80 bits per heavy atom. The molecular weight excluding hydrogens is 236 g/mol.